The molecule has 154 valence electrons. The maximum absolute atomic E-state index is 13.3. The Balaban J connectivity index is 1.96. The van der Waals surface area contributed by atoms with Crippen LogP contribution < -0.4 is 11.2 Å². The predicted octanol–water partition coefficient (Wildman–Crippen LogP) is 3.15. The van der Waals surface area contributed by atoms with Crippen molar-refractivity contribution in [2.24, 2.45) is 5.92 Å². The molecule has 0 unspecified atom stereocenters. The summed E-state index contributed by atoms with van der Waals surface area (Å²) in [7, 11) is 0. The standard InChI is InChI=1S/C23H25N5O2/c1-16(2)11-13-27-22(29)20-21(25-15-26(20)14-18-6-4-5-12-24-18)28(23(27)30)19-9-7-17(3)8-10-19/h4-10,12,15-16H,11,13-14H2,1-3H3. The van der Waals surface area contributed by atoms with Gasteiger partial charge in [-0.15, -0.1) is 0 Å². The van der Waals surface area contributed by atoms with E-state index < -0.39 is 0 Å². The molecule has 0 fully saturated rings. The van der Waals surface area contributed by atoms with E-state index in [-0.39, 0.29) is 11.2 Å². The maximum atomic E-state index is 13.3. The lowest BCUT2D eigenvalue weighted by molar-refractivity contribution is 0.491. The lowest BCUT2D eigenvalue weighted by Crippen LogP contribution is -2.40. The summed E-state index contributed by atoms with van der Waals surface area (Å²) in [6.45, 7) is 6.92. The van der Waals surface area contributed by atoms with E-state index in [4.69, 9.17) is 0 Å². The second kappa shape index (κ2) is 8.10. The summed E-state index contributed by atoms with van der Waals surface area (Å²) in [5.74, 6) is 0.373. The van der Waals surface area contributed by atoms with Gasteiger partial charge in [0.15, 0.2) is 11.2 Å². The molecule has 0 saturated carbocycles. The van der Waals surface area contributed by atoms with Crippen molar-refractivity contribution in [1.29, 1.82) is 0 Å². The van der Waals surface area contributed by atoms with Gasteiger partial charge in [0.25, 0.3) is 5.56 Å². The molecule has 7 nitrogen and oxygen atoms in total. The molecule has 4 aromatic rings. The largest absolute Gasteiger partial charge is 0.337 e. The van der Waals surface area contributed by atoms with Crippen LogP contribution in [0.5, 0.6) is 0 Å². The molecular formula is C23H25N5O2. The highest BCUT2D eigenvalue weighted by molar-refractivity contribution is 5.72. The van der Waals surface area contributed by atoms with Crippen LogP contribution in [0, 0.1) is 12.8 Å². The Morgan fingerprint density at radius 3 is 2.43 bits per heavy atom. The van der Waals surface area contributed by atoms with Gasteiger partial charge in [0.2, 0.25) is 0 Å². The molecule has 0 aliphatic heterocycles. The van der Waals surface area contributed by atoms with E-state index in [0.717, 1.165) is 17.7 Å². The average molecular weight is 403 g/mol. The SMILES string of the molecule is Cc1ccc(-n2c(=O)n(CCC(C)C)c(=O)c3c2ncn3Cc2ccccn2)cc1. The molecule has 0 bridgehead atoms. The zero-order chi connectivity index (χ0) is 21.3. The summed E-state index contributed by atoms with van der Waals surface area (Å²) in [4.78, 5) is 35.5. The molecule has 0 saturated heterocycles. The molecule has 0 N–H and O–H groups in total. The summed E-state index contributed by atoms with van der Waals surface area (Å²) >= 11 is 0. The van der Waals surface area contributed by atoms with Crippen LogP contribution in [0.25, 0.3) is 16.9 Å². The Labute approximate surface area is 174 Å². The number of imidazole rings is 1. The highest BCUT2D eigenvalue weighted by Crippen LogP contribution is 2.15. The number of hydrogen-bond donors (Lipinski definition) is 0. The van der Waals surface area contributed by atoms with E-state index in [1.54, 1.807) is 17.1 Å². The smallest absolute Gasteiger partial charge is 0.319 e. The lowest BCUT2D eigenvalue weighted by Gasteiger charge is -2.13. The summed E-state index contributed by atoms with van der Waals surface area (Å²) in [6.07, 6.45) is 4.07. The first kappa shape index (κ1) is 19.8. The fraction of sp³-hybridized carbons (Fsp3) is 0.304. The Morgan fingerprint density at radius 2 is 1.77 bits per heavy atom. The number of hydrogen-bond acceptors (Lipinski definition) is 4. The topological polar surface area (TPSA) is 74.7 Å². The van der Waals surface area contributed by atoms with Gasteiger partial charge in [-0.05, 0) is 43.5 Å². The van der Waals surface area contributed by atoms with Crippen LogP contribution in [0.15, 0.2) is 64.6 Å². The Hall–Kier alpha value is -3.48. The first-order valence-electron chi connectivity index (χ1n) is 10.1. The third-order valence-corrected chi connectivity index (χ3v) is 5.18. The molecule has 0 spiro atoms. The fourth-order valence-corrected chi connectivity index (χ4v) is 3.48. The zero-order valence-electron chi connectivity index (χ0n) is 17.4. The van der Waals surface area contributed by atoms with Gasteiger partial charge in [-0.25, -0.2) is 14.3 Å². The first-order chi connectivity index (χ1) is 14.5. The Morgan fingerprint density at radius 1 is 1.00 bits per heavy atom. The molecule has 0 radical (unpaired) electrons. The van der Waals surface area contributed by atoms with Gasteiger partial charge >= 0.3 is 5.69 Å². The van der Waals surface area contributed by atoms with Crippen LogP contribution in [0.4, 0.5) is 0 Å². The van der Waals surface area contributed by atoms with Crippen molar-refractivity contribution >= 4 is 11.2 Å². The normalized spacial score (nSPS) is 11.5. The summed E-state index contributed by atoms with van der Waals surface area (Å²) in [5, 5.41) is 0. The van der Waals surface area contributed by atoms with E-state index in [9.17, 15) is 9.59 Å². The van der Waals surface area contributed by atoms with Gasteiger partial charge in [0.1, 0.15) is 0 Å². The monoisotopic (exact) mass is 403 g/mol. The molecule has 0 aliphatic carbocycles. The summed E-state index contributed by atoms with van der Waals surface area (Å²) in [5.41, 5.74) is 2.70. The van der Waals surface area contributed by atoms with Crippen LogP contribution in [0.2, 0.25) is 0 Å². The van der Waals surface area contributed by atoms with Crippen LogP contribution in [0.3, 0.4) is 0 Å². The molecule has 7 heteroatoms. The van der Waals surface area contributed by atoms with Crippen LogP contribution in [-0.2, 0) is 13.1 Å². The van der Waals surface area contributed by atoms with E-state index in [2.05, 4.69) is 23.8 Å². The third kappa shape index (κ3) is 3.70. The van der Waals surface area contributed by atoms with Gasteiger partial charge in [-0.1, -0.05) is 37.6 Å². The lowest BCUT2D eigenvalue weighted by atomic mass is 10.1. The van der Waals surface area contributed by atoms with Crippen molar-refractivity contribution in [1.82, 2.24) is 23.7 Å². The number of benzene rings is 1. The number of aromatic nitrogens is 5. The van der Waals surface area contributed by atoms with Crippen molar-refractivity contribution in [2.75, 3.05) is 0 Å². The zero-order valence-corrected chi connectivity index (χ0v) is 17.4. The average Bonchev–Trinajstić information content (AvgIpc) is 3.13. The molecular weight excluding hydrogens is 378 g/mol. The van der Waals surface area contributed by atoms with Gasteiger partial charge in [0, 0.05) is 12.7 Å². The molecule has 3 aromatic heterocycles. The van der Waals surface area contributed by atoms with Gasteiger partial charge in [-0.2, -0.15) is 0 Å². The van der Waals surface area contributed by atoms with E-state index in [1.165, 1.54) is 9.13 Å². The van der Waals surface area contributed by atoms with E-state index >= 15 is 0 Å². The van der Waals surface area contributed by atoms with Gasteiger partial charge < -0.3 is 4.57 Å². The first-order valence-corrected chi connectivity index (χ1v) is 10.1. The van der Waals surface area contributed by atoms with Crippen molar-refractivity contribution in [2.45, 2.75) is 40.3 Å². The number of nitrogens with zero attached hydrogens (tertiary/aromatic N) is 5. The second-order valence-corrected chi connectivity index (χ2v) is 7.96. The third-order valence-electron chi connectivity index (χ3n) is 5.18. The number of fused-ring (bicyclic) bond motifs is 1. The summed E-state index contributed by atoms with van der Waals surface area (Å²) in [6, 6.07) is 13.3. The molecule has 4 rings (SSSR count). The molecule has 0 amide bonds. The van der Waals surface area contributed by atoms with Crippen molar-refractivity contribution < 1.29 is 0 Å². The van der Waals surface area contributed by atoms with Crippen molar-refractivity contribution in [3.63, 3.8) is 0 Å². The van der Waals surface area contributed by atoms with Gasteiger partial charge in [0.05, 0.1) is 24.3 Å². The minimum Gasteiger partial charge on any atom is -0.319 e. The minimum atomic E-state index is -0.361. The molecule has 0 aliphatic rings. The summed E-state index contributed by atoms with van der Waals surface area (Å²) < 4.78 is 4.64. The molecule has 30 heavy (non-hydrogen) atoms. The highest BCUT2D eigenvalue weighted by atomic mass is 16.2. The quantitative estimate of drug-likeness (QED) is 0.496. The van der Waals surface area contributed by atoms with Crippen molar-refractivity contribution in [3.05, 3.63) is 87.1 Å². The molecule has 3 heterocycles. The molecule has 0 atom stereocenters. The fourth-order valence-electron chi connectivity index (χ4n) is 3.48. The highest BCUT2D eigenvalue weighted by Gasteiger charge is 2.19. The Kier molecular flexibility index (Phi) is 5.35. The van der Waals surface area contributed by atoms with Crippen LogP contribution in [-0.4, -0.2) is 23.7 Å². The van der Waals surface area contributed by atoms with Gasteiger partial charge in [-0.3, -0.25) is 14.3 Å². The second-order valence-electron chi connectivity index (χ2n) is 7.96. The number of rotatable bonds is 6. The maximum Gasteiger partial charge on any atom is 0.337 e. The van der Waals surface area contributed by atoms with E-state index in [1.807, 2.05) is 49.4 Å². The van der Waals surface area contributed by atoms with Crippen LogP contribution >= 0.6 is 0 Å². The number of pyridine rings is 1. The predicted molar refractivity (Wildman–Crippen MR) is 117 cm³/mol. The van der Waals surface area contributed by atoms with E-state index in [0.29, 0.717) is 35.9 Å². The Bertz CT molecular complexity index is 1280. The number of aryl methyl sites for hydroxylation is 1. The van der Waals surface area contributed by atoms with Crippen molar-refractivity contribution in [3.8, 4) is 5.69 Å². The van der Waals surface area contributed by atoms with Crippen LogP contribution in [0.1, 0.15) is 31.5 Å². The minimum absolute atomic E-state index is 0.313. The molecule has 1 aromatic carbocycles.